The first-order valence-corrected chi connectivity index (χ1v) is 6.86. The standard InChI is InChI=1S/C16H15N3O2/c1-2-4-12-15(20)18-14(19-16(12)21)11-6-7-13-10(9-11)5-3-8-17-13/h3,5-9H,2,4H2,1H3,(H2,18,19,20,21). The largest absolute Gasteiger partial charge is 0.493 e. The van der Waals surface area contributed by atoms with Crippen LogP contribution in [0, 0.1) is 0 Å². The smallest absolute Gasteiger partial charge is 0.258 e. The van der Waals surface area contributed by atoms with E-state index in [4.69, 9.17) is 0 Å². The highest BCUT2D eigenvalue weighted by atomic mass is 16.3. The summed E-state index contributed by atoms with van der Waals surface area (Å²) in [6.45, 7) is 1.95. The van der Waals surface area contributed by atoms with Crippen LogP contribution in [0.25, 0.3) is 22.3 Å². The van der Waals surface area contributed by atoms with Crippen molar-refractivity contribution >= 4 is 10.9 Å². The zero-order valence-corrected chi connectivity index (χ0v) is 11.6. The molecule has 2 aromatic heterocycles. The molecule has 3 aromatic rings. The number of fused-ring (bicyclic) bond motifs is 1. The minimum Gasteiger partial charge on any atom is -0.493 e. The van der Waals surface area contributed by atoms with Gasteiger partial charge in [0.05, 0.1) is 11.1 Å². The molecule has 0 radical (unpaired) electrons. The second kappa shape index (κ2) is 5.36. The fourth-order valence-corrected chi connectivity index (χ4v) is 2.32. The molecule has 0 fully saturated rings. The quantitative estimate of drug-likeness (QED) is 0.773. The molecule has 0 spiro atoms. The fourth-order valence-electron chi connectivity index (χ4n) is 2.32. The number of aromatic nitrogens is 3. The molecule has 0 aliphatic heterocycles. The van der Waals surface area contributed by atoms with Crippen LogP contribution in [0.5, 0.6) is 5.88 Å². The predicted octanol–water partition coefficient (Wildman–Crippen LogP) is 2.64. The second-order valence-corrected chi connectivity index (χ2v) is 4.88. The number of aromatic amines is 1. The van der Waals surface area contributed by atoms with E-state index in [2.05, 4.69) is 15.0 Å². The molecule has 0 saturated carbocycles. The molecule has 0 atom stereocenters. The summed E-state index contributed by atoms with van der Waals surface area (Å²) >= 11 is 0. The van der Waals surface area contributed by atoms with E-state index in [1.807, 2.05) is 37.3 Å². The average Bonchev–Trinajstić information content (AvgIpc) is 2.50. The molecule has 3 rings (SSSR count). The lowest BCUT2D eigenvalue weighted by Crippen LogP contribution is -2.15. The SMILES string of the molecule is CCCc1c(O)nc(-c2ccc3ncccc3c2)[nH]c1=O. The minimum atomic E-state index is -0.286. The molecule has 0 amide bonds. The molecule has 2 heterocycles. The number of hydrogen-bond acceptors (Lipinski definition) is 4. The Labute approximate surface area is 121 Å². The number of hydrogen-bond donors (Lipinski definition) is 2. The third kappa shape index (κ3) is 2.50. The van der Waals surface area contributed by atoms with Crippen molar-refractivity contribution in [2.24, 2.45) is 0 Å². The van der Waals surface area contributed by atoms with Gasteiger partial charge in [-0.3, -0.25) is 9.78 Å². The van der Waals surface area contributed by atoms with E-state index in [0.29, 0.717) is 17.8 Å². The first-order chi connectivity index (χ1) is 10.2. The third-order valence-corrected chi connectivity index (χ3v) is 3.37. The monoisotopic (exact) mass is 281 g/mol. The summed E-state index contributed by atoms with van der Waals surface area (Å²) in [4.78, 5) is 23.1. The van der Waals surface area contributed by atoms with E-state index in [1.54, 1.807) is 6.20 Å². The van der Waals surface area contributed by atoms with Crippen LogP contribution in [-0.2, 0) is 6.42 Å². The van der Waals surface area contributed by atoms with Crippen LogP contribution in [0.1, 0.15) is 18.9 Å². The topological polar surface area (TPSA) is 78.9 Å². The lowest BCUT2D eigenvalue weighted by molar-refractivity contribution is 0.443. The molecule has 1 aromatic carbocycles. The highest BCUT2D eigenvalue weighted by Gasteiger charge is 2.11. The van der Waals surface area contributed by atoms with Crippen LogP contribution < -0.4 is 5.56 Å². The fraction of sp³-hybridized carbons (Fsp3) is 0.188. The summed E-state index contributed by atoms with van der Waals surface area (Å²) in [7, 11) is 0. The van der Waals surface area contributed by atoms with Gasteiger partial charge in [0.1, 0.15) is 5.82 Å². The summed E-state index contributed by atoms with van der Waals surface area (Å²) in [5, 5.41) is 10.9. The Balaban J connectivity index is 2.12. The van der Waals surface area contributed by atoms with Gasteiger partial charge in [0.15, 0.2) is 0 Å². The normalized spacial score (nSPS) is 10.9. The zero-order valence-electron chi connectivity index (χ0n) is 11.6. The van der Waals surface area contributed by atoms with Crippen LogP contribution in [0.3, 0.4) is 0 Å². The van der Waals surface area contributed by atoms with Gasteiger partial charge in [-0.25, -0.2) is 0 Å². The van der Waals surface area contributed by atoms with Crippen molar-refractivity contribution < 1.29 is 5.11 Å². The van der Waals surface area contributed by atoms with Crippen molar-refractivity contribution in [1.82, 2.24) is 15.0 Å². The van der Waals surface area contributed by atoms with Gasteiger partial charge in [-0.2, -0.15) is 4.98 Å². The van der Waals surface area contributed by atoms with Crippen molar-refractivity contribution in [2.45, 2.75) is 19.8 Å². The van der Waals surface area contributed by atoms with Gasteiger partial charge >= 0.3 is 0 Å². The maximum absolute atomic E-state index is 12.0. The molecule has 0 bridgehead atoms. The van der Waals surface area contributed by atoms with Gasteiger partial charge in [-0.05, 0) is 30.7 Å². The van der Waals surface area contributed by atoms with E-state index < -0.39 is 0 Å². The molecule has 0 saturated heterocycles. The molecule has 5 heteroatoms. The predicted molar refractivity (Wildman–Crippen MR) is 81.3 cm³/mol. The minimum absolute atomic E-state index is 0.193. The number of nitrogens with zero attached hydrogens (tertiary/aromatic N) is 2. The Bertz CT molecular complexity index is 856. The number of rotatable bonds is 3. The van der Waals surface area contributed by atoms with Crippen LogP contribution in [-0.4, -0.2) is 20.1 Å². The number of aromatic hydroxyl groups is 1. The Morgan fingerprint density at radius 2 is 2.14 bits per heavy atom. The maximum Gasteiger partial charge on any atom is 0.258 e. The van der Waals surface area contributed by atoms with Crippen molar-refractivity contribution in [3.63, 3.8) is 0 Å². The van der Waals surface area contributed by atoms with Crippen molar-refractivity contribution in [3.05, 3.63) is 52.4 Å². The first kappa shape index (κ1) is 13.3. The highest BCUT2D eigenvalue weighted by molar-refractivity contribution is 5.83. The summed E-state index contributed by atoms with van der Waals surface area (Å²) < 4.78 is 0. The third-order valence-electron chi connectivity index (χ3n) is 3.37. The van der Waals surface area contributed by atoms with Crippen LogP contribution in [0.15, 0.2) is 41.3 Å². The van der Waals surface area contributed by atoms with Crippen molar-refractivity contribution in [1.29, 1.82) is 0 Å². The Kier molecular flexibility index (Phi) is 3.39. The van der Waals surface area contributed by atoms with Gasteiger partial charge in [0.2, 0.25) is 5.88 Å². The molecule has 2 N–H and O–H groups in total. The molecule has 0 aliphatic rings. The average molecular weight is 281 g/mol. The molecular weight excluding hydrogens is 266 g/mol. The van der Waals surface area contributed by atoms with Gasteiger partial charge in [0.25, 0.3) is 5.56 Å². The molecule has 0 unspecified atom stereocenters. The van der Waals surface area contributed by atoms with Gasteiger partial charge in [-0.1, -0.05) is 19.4 Å². The van der Waals surface area contributed by atoms with E-state index in [0.717, 1.165) is 22.9 Å². The zero-order chi connectivity index (χ0) is 14.8. The number of H-pyrrole nitrogens is 1. The van der Waals surface area contributed by atoms with E-state index in [-0.39, 0.29) is 11.4 Å². The van der Waals surface area contributed by atoms with E-state index >= 15 is 0 Å². The Hall–Kier alpha value is -2.69. The molecule has 106 valence electrons. The van der Waals surface area contributed by atoms with Gasteiger partial charge in [-0.15, -0.1) is 0 Å². The highest BCUT2D eigenvalue weighted by Crippen LogP contribution is 2.22. The van der Waals surface area contributed by atoms with Gasteiger partial charge in [0, 0.05) is 17.1 Å². The summed E-state index contributed by atoms with van der Waals surface area (Å²) in [6.07, 6.45) is 3.02. The van der Waals surface area contributed by atoms with Crippen molar-refractivity contribution in [3.8, 4) is 17.3 Å². The van der Waals surface area contributed by atoms with Gasteiger partial charge < -0.3 is 10.1 Å². The summed E-state index contributed by atoms with van der Waals surface area (Å²) in [5.41, 5.74) is 1.66. The molecular formula is C16H15N3O2. The first-order valence-electron chi connectivity index (χ1n) is 6.86. The molecule has 5 nitrogen and oxygen atoms in total. The molecule has 0 aliphatic carbocycles. The summed E-state index contributed by atoms with van der Waals surface area (Å²) in [6, 6.07) is 9.37. The number of benzene rings is 1. The Morgan fingerprint density at radius 3 is 2.90 bits per heavy atom. The summed E-state index contributed by atoms with van der Waals surface area (Å²) in [5.74, 6) is 0.171. The lowest BCUT2D eigenvalue weighted by atomic mass is 10.1. The maximum atomic E-state index is 12.0. The second-order valence-electron chi connectivity index (χ2n) is 4.88. The Morgan fingerprint density at radius 1 is 1.29 bits per heavy atom. The van der Waals surface area contributed by atoms with Crippen LogP contribution in [0.2, 0.25) is 0 Å². The van der Waals surface area contributed by atoms with E-state index in [1.165, 1.54) is 0 Å². The van der Waals surface area contributed by atoms with Crippen LogP contribution in [0.4, 0.5) is 0 Å². The van der Waals surface area contributed by atoms with E-state index in [9.17, 15) is 9.90 Å². The van der Waals surface area contributed by atoms with Crippen molar-refractivity contribution in [2.75, 3.05) is 0 Å². The number of nitrogens with one attached hydrogen (secondary N) is 1. The molecule has 21 heavy (non-hydrogen) atoms. The lowest BCUT2D eigenvalue weighted by Gasteiger charge is -2.06. The number of pyridine rings is 1. The van der Waals surface area contributed by atoms with Crippen LogP contribution >= 0.6 is 0 Å².